The fourth-order valence-corrected chi connectivity index (χ4v) is 2.12. The van der Waals surface area contributed by atoms with Gasteiger partial charge in [-0.05, 0) is 0 Å². The summed E-state index contributed by atoms with van der Waals surface area (Å²) in [5.41, 5.74) is 0.629. The predicted octanol–water partition coefficient (Wildman–Crippen LogP) is 0.937. The summed E-state index contributed by atoms with van der Waals surface area (Å²) < 4.78 is 5.13. The van der Waals surface area contributed by atoms with E-state index in [4.69, 9.17) is 4.74 Å². The first-order valence-electron chi connectivity index (χ1n) is 6.37. The first kappa shape index (κ1) is 14.7. The zero-order valence-corrected chi connectivity index (χ0v) is 12.4. The number of urea groups is 1. The molecule has 1 aliphatic heterocycles. The molecule has 2 heterocycles. The molecule has 7 heteroatoms. The normalized spacial score (nSPS) is 23.6. The lowest BCUT2D eigenvalue weighted by Crippen LogP contribution is -2.38. The Morgan fingerprint density at radius 3 is 2.50 bits per heavy atom. The van der Waals surface area contributed by atoms with Crippen molar-refractivity contribution in [2.75, 3.05) is 19.1 Å². The number of carbonyl (C=O) groups is 1. The van der Waals surface area contributed by atoms with Crippen LogP contribution >= 0.6 is 0 Å². The van der Waals surface area contributed by atoms with E-state index in [0.717, 1.165) is 5.69 Å². The van der Waals surface area contributed by atoms with Gasteiger partial charge in [-0.25, -0.2) is 19.7 Å². The Bertz CT molecular complexity index is 515. The molecule has 2 amide bonds. The Labute approximate surface area is 118 Å². The number of ether oxygens (including phenoxy) is 1. The number of amides is 2. The molecule has 7 nitrogen and oxygen atoms in total. The van der Waals surface area contributed by atoms with E-state index >= 15 is 0 Å². The maximum Gasteiger partial charge on any atom is 0.329 e. The minimum absolute atomic E-state index is 0.169. The van der Waals surface area contributed by atoms with E-state index in [1.807, 2.05) is 20.8 Å². The molecule has 1 saturated heterocycles. The molecular weight excluding hydrogens is 260 g/mol. The highest BCUT2D eigenvalue weighted by molar-refractivity contribution is 5.93. The number of aromatic nitrogens is 2. The number of methoxy groups -OCH3 is 1. The summed E-state index contributed by atoms with van der Waals surface area (Å²) in [6, 6.07) is 1.36. The maximum absolute atomic E-state index is 12.2. The van der Waals surface area contributed by atoms with Gasteiger partial charge in [-0.3, -0.25) is 4.90 Å². The topological polar surface area (TPSA) is 78.8 Å². The summed E-state index contributed by atoms with van der Waals surface area (Å²) in [7, 11) is 3.02. The van der Waals surface area contributed by atoms with Crippen molar-refractivity contribution in [2.24, 2.45) is 0 Å². The number of hydrogen-bond acceptors (Lipinski definition) is 5. The third kappa shape index (κ3) is 2.34. The number of carbonyl (C=O) groups excluding carboxylic acids is 1. The highest BCUT2D eigenvalue weighted by Gasteiger charge is 2.45. The first-order valence-corrected chi connectivity index (χ1v) is 6.37. The van der Waals surface area contributed by atoms with Crippen LogP contribution in [0.3, 0.4) is 0 Å². The van der Waals surface area contributed by atoms with Crippen molar-refractivity contribution in [3.8, 4) is 0 Å². The van der Waals surface area contributed by atoms with Gasteiger partial charge in [0.15, 0.2) is 12.5 Å². The third-order valence-electron chi connectivity index (χ3n) is 3.32. The van der Waals surface area contributed by atoms with Crippen LogP contribution in [0, 0.1) is 0 Å². The van der Waals surface area contributed by atoms with Gasteiger partial charge >= 0.3 is 6.03 Å². The number of aliphatic hydroxyl groups excluding tert-OH is 1. The largest absolute Gasteiger partial charge is 0.369 e. The smallest absolute Gasteiger partial charge is 0.329 e. The number of hydrogen-bond donors (Lipinski definition) is 1. The van der Waals surface area contributed by atoms with E-state index < -0.39 is 12.5 Å². The Balaban J connectivity index is 2.39. The van der Waals surface area contributed by atoms with E-state index in [1.54, 1.807) is 13.1 Å². The van der Waals surface area contributed by atoms with Crippen LogP contribution in [0.5, 0.6) is 0 Å². The quantitative estimate of drug-likeness (QED) is 0.872. The standard InChI is InChI=1S/C13H20N4O3/c1-13(2,3)8-6-9(15-7-14-8)17-10(18)11(20-5)16(4)12(17)19/h6-7,10-11,18H,1-5H3. The van der Waals surface area contributed by atoms with Gasteiger partial charge in [0.1, 0.15) is 12.1 Å². The summed E-state index contributed by atoms with van der Waals surface area (Å²) in [6.45, 7) is 6.06. The Morgan fingerprint density at radius 1 is 1.35 bits per heavy atom. The van der Waals surface area contributed by atoms with Crippen molar-refractivity contribution in [3.05, 3.63) is 18.1 Å². The maximum atomic E-state index is 12.2. The van der Waals surface area contributed by atoms with Crippen LogP contribution in [0.4, 0.5) is 10.6 Å². The molecule has 0 aliphatic carbocycles. The molecule has 1 aromatic rings. The fourth-order valence-electron chi connectivity index (χ4n) is 2.12. The van der Waals surface area contributed by atoms with Crippen LogP contribution in [0.25, 0.3) is 0 Å². The summed E-state index contributed by atoms with van der Waals surface area (Å²) >= 11 is 0. The molecule has 1 N–H and O–H groups in total. The molecule has 0 bridgehead atoms. The van der Waals surface area contributed by atoms with Gasteiger partial charge < -0.3 is 9.84 Å². The van der Waals surface area contributed by atoms with E-state index in [0.29, 0.717) is 5.82 Å². The fraction of sp³-hybridized carbons (Fsp3) is 0.615. The Kier molecular flexibility index (Phi) is 3.66. The van der Waals surface area contributed by atoms with Crippen LogP contribution in [-0.4, -0.2) is 52.6 Å². The van der Waals surface area contributed by atoms with Crippen molar-refractivity contribution >= 4 is 11.8 Å². The lowest BCUT2D eigenvalue weighted by Gasteiger charge is -2.22. The molecule has 0 radical (unpaired) electrons. The van der Waals surface area contributed by atoms with Crippen LogP contribution in [0.1, 0.15) is 26.5 Å². The molecule has 2 atom stereocenters. The number of aliphatic hydroxyl groups is 1. The second kappa shape index (κ2) is 4.99. The van der Waals surface area contributed by atoms with Gasteiger partial charge in [-0.1, -0.05) is 20.8 Å². The Morgan fingerprint density at radius 2 is 2.00 bits per heavy atom. The van der Waals surface area contributed by atoms with E-state index in [1.165, 1.54) is 23.2 Å². The number of likely N-dealkylation sites (N-methyl/N-ethyl adjacent to an activating group) is 1. The molecule has 110 valence electrons. The average Bonchev–Trinajstić information content (AvgIpc) is 2.59. The van der Waals surface area contributed by atoms with Gasteiger partial charge in [0, 0.05) is 25.6 Å². The van der Waals surface area contributed by atoms with Crippen LogP contribution < -0.4 is 4.90 Å². The highest BCUT2D eigenvalue weighted by Crippen LogP contribution is 2.28. The molecule has 0 spiro atoms. The molecule has 0 aromatic carbocycles. The predicted molar refractivity (Wildman–Crippen MR) is 73.2 cm³/mol. The van der Waals surface area contributed by atoms with E-state index in [9.17, 15) is 9.90 Å². The molecule has 0 saturated carbocycles. The molecule has 1 aromatic heterocycles. The van der Waals surface area contributed by atoms with Gasteiger partial charge in [0.2, 0.25) is 0 Å². The number of anilines is 1. The summed E-state index contributed by atoms with van der Waals surface area (Å²) in [6.07, 6.45) is -0.411. The van der Waals surface area contributed by atoms with Crippen LogP contribution in [0.15, 0.2) is 12.4 Å². The van der Waals surface area contributed by atoms with E-state index in [-0.39, 0.29) is 11.4 Å². The Hall–Kier alpha value is -1.73. The number of nitrogens with zero attached hydrogens (tertiary/aromatic N) is 4. The van der Waals surface area contributed by atoms with Gasteiger partial charge in [-0.2, -0.15) is 0 Å². The lowest BCUT2D eigenvalue weighted by atomic mass is 9.92. The molecule has 1 aliphatic rings. The van der Waals surface area contributed by atoms with Crippen LogP contribution in [-0.2, 0) is 10.2 Å². The van der Waals surface area contributed by atoms with E-state index in [2.05, 4.69) is 9.97 Å². The van der Waals surface area contributed by atoms with Gasteiger partial charge in [0.25, 0.3) is 0 Å². The van der Waals surface area contributed by atoms with Gasteiger partial charge in [0.05, 0.1) is 5.69 Å². The molecule has 2 rings (SSSR count). The van der Waals surface area contributed by atoms with Crippen molar-refractivity contribution in [1.29, 1.82) is 0 Å². The SMILES string of the molecule is COC1C(O)N(c2cc(C(C)(C)C)ncn2)C(=O)N1C. The van der Waals surface area contributed by atoms with Crippen molar-refractivity contribution < 1.29 is 14.6 Å². The van der Waals surface area contributed by atoms with Crippen molar-refractivity contribution in [3.63, 3.8) is 0 Å². The van der Waals surface area contributed by atoms with Crippen molar-refractivity contribution in [1.82, 2.24) is 14.9 Å². The highest BCUT2D eigenvalue weighted by atomic mass is 16.5. The summed E-state index contributed by atoms with van der Waals surface area (Å²) in [5.74, 6) is 0.369. The molecule has 1 fully saturated rings. The average molecular weight is 280 g/mol. The van der Waals surface area contributed by atoms with Crippen LogP contribution in [0.2, 0.25) is 0 Å². The second-order valence-corrected chi connectivity index (χ2v) is 5.81. The first-order chi connectivity index (χ1) is 9.27. The molecule has 2 unspecified atom stereocenters. The van der Waals surface area contributed by atoms with Crippen molar-refractivity contribution in [2.45, 2.75) is 38.6 Å². The minimum atomic E-state index is -1.10. The molecule has 20 heavy (non-hydrogen) atoms. The minimum Gasteiger partial charge on any atom is -0.369 e. The third-order valence-corrected chi connectivity index (χ3v) is 3.32. The zero-order valence-electron chi connectivity index (χ0n) is 12.4. The lowest BCUT2D eigenvalue weighted by molar-refractivity contribution is -0.0490. The monoisotopic (exact) mass is 280 g/mol. The summed E-state index contributed by atoms with van der Waals surface area (Å²) in [4.78, 5) is 23.1. The number of rotatable bonds is 2. The summed E-state index contributed by atoms with van der Waals surface area (Å²) in [5, 5.41) is 10.2. The van der Waals surface area contributed by atoms with Gasteiger partial charge in [-0.15, -0.1) is 0 Å². The zero-order chi connectivity index (χ0) is 15.1. The molecular formula is C13H20N4O3. The second-order valence-electron chi connectivity index (χ2n) is 5.81.